The summed E-state index contributed by atoms with van der Waals surface area (Å²) >= 11 is 0. The number of pyridine rings is 1. The SMILES string of the molecule is Cc1ccc2oc(CCC(=O)O)nc2n1. The van der Waals surface area contributed by atoms with Crippen LogP contribution >= 0.6 is 0 Å². The van der Waals surface area contributed by atoms with Crippen LogP contribution in [-0.2, 0) is 11.2 Å². The number of oxazole rings is 1. The molecule has 0 spiro atoms. The molecule has 15 heavy (non-hydrogen) atoms. The number of rotatable bonds is 3. The predicted octanol–water partition coefficient (Wildman–Crippen LogP) is 1.55. The zero-order valence-corrected chi connectivity index (χ0v) is 8.23. The first-order valence-corrected chi connectivity index (χ1v) is 4.60. The average Bonchev–Trinajstić information content (AvgIpc) is 2.56. The molecule has 78 valence electrons. The summed E-state index contributed by atoms with van der Waals surface area (Å²) < 4.78 is 5.34. The zero-order chi connectivity index (χ0) is 10.8. The van der Waals surface area contributed by atoms with E-state index in [-0.39, 0.29) is 6.42 Å². The average molecular weight is 206 g/mol. The molecule has 1 N–H and O–H groups in total. The Bertz CT molecular complexity index is 504. The molecule has 0 aliphatic heterocycles. The highest BCUT2D eigenvalue weighted by atomic mass is 16.4. The van der Waals surface area contributed by atoms with Gasteiger partial charge < -0.3 is 9.52 Å². The quantitative estimate of drug-likeness (QED) is 0.824. The second kappa shape index (κ2) is 3.68. The molecule has 0 radical (unpaired) electrons. The van der Waals surface area contributed by atoms with E-state index >= 15 is 0 Å². The van der Waals surface area contributed by atoms with Crippen LogP contribution in [0, 0.1) is 6.92 Å². The zero-order valence-electron chi connectivity index (χ0n) is 8.23. The fraction of sp³-hybridized carbons (Fsp3) is 0.300. The summed E-state index contributed by atoms with van der Waals surface area (Å²) in [5.41, 5.74) is 2.00. The van der Waals surface area contributed by atoms with E-state index in [0.29, 0.717) is 23.5 Å². The molecule has 0 amide bonds. The molecule has 0 aliphatic rings. The van der Waals surface area contributed by atoms with Gasteiger partial charge in [0.1, 0.15) is 0 Å². The lowest BCUT2D eigenvalue weighted by Gasteiger charge is -1.88. The number of aryl methyl sites for hydroxylation is 2. The highest BCUT2D eigenvalue weighted by Gasteiger charge is 2.08. The first kappa shape index (κ1) is 9.64. The van der Waals surface area contributed by atoms with Gasteiger partial charge in [0.25, 0.3) is 0 Å². The highest BCUT2D eigenvalue weighted by molar-refractivity contribution is 5.69. The minimum Gasteiger partial charge on any atom is -0.481 e. The normalized spacial score (nSPS) is 10.7. The maximum absolute atomic E-state index is 10.4. The third-order valence-electron chi connectivity index (χ3n) is 1.99. The molecule has 0 atom stereocenters. The molecule has 0 aliphatic carbocycles. The molecule has 0 saturated carbocycles. The third kappa shape index (κ3) is 2.12. The number of fused-ring (bicyclic) bond motifs is 1. The number of aliphatic carboxylic acids is 1. The molecule has 0 fully saturated rings. The van der Waals surface area contributed by atoms with Crippen molar-refractivity contribution in [3.05, 3.63) is 23.7 Å². The maximum Gasteiger partial charge on any atom is 0.303 e. The topological polar surface area (TPSA) is 76.2 Å². The van der Waals surface area contributed by atoms with Crippen molar-refractivity contribution in [3.8, 4) is 0 Å². The molecule has 0 aromatic carbocycles. The Kier molecular flexibility index (Phi) is 2.37. The van der Waals surface area contributed by atoms with Crippen molar-refractivity contribution >= 4 is 17.2 Å². The number of hydrogen-bond acceptors (Lipinski definition) is 4. The van der Waals surface area contributed by atoms with Crippen LogP contribution in [0.25, 0.3) is 11.2 Å². The standard InChI is InChI=1S/C10H10N2O3/c1-6-2-3-7-10(11-6)12-8(15-7)4-5-9(13)14/h2-3H,4-5H2,1H3,(H,13,14). The number of carbonyl (C=O) groups is 1. The van der Waals surface area contributed by atoms with Crippen molar-refractivity contribution in [2.45, 2.75) is 19.8 Å². The molecule has 0 unspecified atom stereocenters. The van der Waals surface area contributed by atoms with Crippen LogP contribution in [0.1, 0.15) is 18.0 Å². The van der Waals surface area contributed by atoms with Gasteiger partial charge in [-0.3, -0.25) is 4.79 Å². The van der Waals surface area contributed by atoms with Crippen LogP contribution < -0.4 is 0 Å². The van der Waals surface area contributed by atoms with Crippen molar-refractivity contribution in [2.24, 2.45) is 0 Å². The summed E-state index contributed by atoms with van der Waals surface area (Å²) in [7, 11) is 0. The minimum absolute atomic E-state index is 0.0196. The number of carboxylic acid groups (broad SMARTS) is 1. The van der Waals surface area contributed by atoms with Crippen molar-refractivity contribution in [1.82, 2.24) is 9.97 Å². The molecule has 2 rings (SSSR count). The first-order chi connectivity index (χ1) is 7.15. The molecule has 2 heterocycles. The molecule has 0 bridgehead atoms. The van der Waals surface area contributed by atoms with Gasteiger partial charge >= 0.3 is 5.97 Å². The van der Waals surface area contributed by atoms with E-state index in [2.05, 4.69) is 9.97 Å². The van der Waals surface area contributed by atoms with Gasteiger partial charge in [-0.05, 0) is 19.1 Å². The van der Waals surface area contributed by atoms with Crippen LogP contribution in [0.3, 0.4) is 0 Å². The Morgan fingerprint density at radius 3 is 3.00 bits per heavy atom. The van der Waals surface area contributed by atoms with E-state index in [1.807, 2.05) is 13.0 Å². The van der Waals surface area contributed by atoms with Gasteiger partial charge in [0.2, 0.25) is 0 Å². The van der Waals surface area contributed by atoms with Gasteiger partial charge in [0.05, 0.1) is 6.42 Å². The molecule has 0 saturated heterocycles. The Balaban J connectivity index is 2.27. The van der Waals surface area contributed by atoms with Gasteiger partial charge in [-0.1, -0.05) is 0 Å². The second-order valence-electron chi connectivity index (χ2n) is 3.28. The van der Waals surface area contributed by atoms with Gasteiger partial charge in [0, 0.05) is 12.1 Å². The first-order valence-electron chi connectivity index (χ1n) is 4.60. The molecular weight excluding hydrogens is 196 g/mol. The Morgan fingerprint density at radius 1 is 1.47 bits per heavy atom. The van der Waals surface area contributed by atoms with E-state index < -0.39 is 5.97 Å². The highest BCUT2D eigenvalue weighted by Crippen LogP contribution is 2.14. The van der Waals surface area contributed by atoms with Crippen LogP contribution in [-0.4, -0.2) is 21.0 Å². The minimum atomic E-state index is -0.860. The Hall–Kier alpha value is -1.91. The summed E-state index contributed by atoms with van der Waals surface area (Å²) in [5.74, 6) is -0.438. The molecular formula is C10H10N2O3. The van der Waals surface area contributed by atoms with Crippen molar-refractivity contribution < 1.29 is 14.3 Å². The Labute approximate surface area is 85.8 Å². The van der Waals surface area contributed by atoms with E-state index in [4.69, 9.17) is 9.52 Å². The summed E-state index contributed by atoms with van der Waals surface area (Å²) in [6.07, 6.45) is 0.316. The van der Waals surface area contributed by atoms with Crippen molar-refractivity contribution in [1.29, 1.82) is 0 Å². The monoisotopic (exact) mass is 206 g/mol. The third-order valence-corrected chi connectivity index (χ3v) is 1.99. The fourth-order valence-corrected chi connectivity index (χ4v) is 1.28. The molecule has 5 heteroatoms. The summed E-state index contributed by atoms with van der Waals surface area (Å²) in [6, 6.07) is 3.61. The molecule has 5 nitrogen and oxygen atoms in total. The number of hydrogen-bond donors (Lipinski definition) is 1. The van der Waals surface area contributed by atoms with Crippen molar-refractivity contribution in [2.75, 3.05) is 0 Å². The predicted molar refractivity (Wildman–Crippen MR) is 52.5 cm³/mol. The van der Waals surface area contributed by atoms with E-state index in [1.165, 1.54) is 0 Å². The van der Waals surface area contributed by atoms with Gasteiger partial charge in [-0.25, -0.2) is 4.98 Å². The summed E-state index contributed by atoms with van der Waals surface area (Å²) in [4.78, 5) is 18.6. The van der Waals surface area contributed by atoms with Gasteiger partial charge in [-0.2, -0.15) is 4.98 Å². The van der Waals surface area contributed by atoms with Gasteiger partial charge in [-0.15, -0.1) is 0 Å². The summed E-state index contributed by atoms with van der Waals surface area (Å²) in [5, 5.41) is 8.51. The van der Waals surface area contributed by atoms with Gasteiger partial charge in [0.15, 0.2) is 17.1 Å². The van der Waals surface area contributed by atoms with Crippen LogP contribution in [0.2, 0.25) is 0 Å². The van der Waals surface area contributed by atoms with E-state index in [1.54, 1.807) is 6.07 Å². The smallest absolute Gasteiger partial charge is 0.303 e. The molecule has 2 aromatic heterocycles. The lowest BCUT2D eigenvalue weighted by atomic mass is 10.3. The van der Waals surface area contributed by atoms with Crippen molar-refractivity contribution in [3.63, 3.8) is 0 Å². The van der Waals surface area contributed by atoms with Crippen LogP contribution in [0.15, 0.2) is 16.5 Å². The number of nitrogens with zero attached hydrogens (tertiary/aromatic N) is 2. The number of carboxylic acids is 1. The molecule has 2 aromatic rings. The van der Waals surface area contributed by atoms with Crippen LogP contribution in [0.4, 0.5) is 0 Å². The lowest BCUT2D eigenvalue weighted by Crippen LogP contribution is -1.97. The lowest BCUT2D eigenvalue weighted by molar-refractivity contribution is -0.137. The van der Waals surface area contributed by atoms with E-state index in [0.717, 1.165) is 5.69 Å². The fourth-order valence-electron chi connectivity index (χ4n) is 1.28. The van der Waals surface area contributed by atoms with Crippen LogP contribution in [0.5, 0.6) is 0 Å². The van der Waals surface area contributed by atoms with E-state index in [9.17, 15) is 4.79 Å². The largest absolute Gasteiger partial charge is 0.481 e. The number of aromatic nitrogens is 2. The second-order valence-corrected chi connectivity index (χ2v) is 3.28. The summed E-state index contributed by atoms with van der Waals surface area (Å²) in [6.45, 7) is 1.87. The Morgan fingerprint density at radius 2 is 2.27 bits per heavy atom. The maximum atomic E-state index is 10.4.